The molecule has 0 aromatic heterocycles. The van der Waals surface area contributed by atoms with E-state index in [1.807, 2.05) is 46.9 Å². The summed E-state index contributed by atoms with van der Waals surface area (Å²) in [5.74, 6) is 0.271. The predicted molar refractivity (Wildman–Crippen MR) is 136 cm³/mol. The molecule has 0 spiro atoms. The zero-order chi connectivity index (χ0) is 23.7. The number of nitrogens with two attached hydrogens (primary N) is 1. The van der Waals surface area contributed by atoms with Crippen LogP contribution in [-0.2, 0) is 14.3 Å². The molecule has 2 N–H and O–H groups in total. The molecule has 6 nitrogen and oxygen atoms in total. The number of rotatable bonds is 4. The van der Waals surface area contributed by atoms with E-state index in [1.54, 1.807) is 28.3 Å². The largest absolute Gasteiger partial charge is 0.513 e. The number of allylic oxidation sites excluding steroid dienone is 1. The summed E-state index contributed by atoms with van der Waals surface area (Å²) in [7, 11) is 0. The van der Waals surface area contributed by atoms with Gasteiger partial charge in [-0.2, -0.15) is 0 Å². The van der Waals surface area contributed by atoms with Gasteiger partial charge >= 0.3 is 12.1 Å². The van der Waals surface area contributed by atoms with Gasteiger partial charge in [0, 0.05) is 22.3 Å². The lowest BCUT2D eigenvalue weighted by Crippen LogP contribution is -2.41. The summed E-state index contributed by atoms with van der Waals surface area (Å²) < 4.78 is 17.8. The summed E-state index contributed by atoms with van der Waals surface area (Å²) in [4.78, 5) is 24.4. The third kappa shape index (κ3) is 4.33. The molecule has 3 aromatic rings. The Labute approximate surface area is 210 Å². The van der Waals surface area contributed by atoms with Crippen LogP contribution in [0.1, 0.15) is 34.9 Å². The maximum absolute atomic E-state index is 12.4. The molecule has 2 atom stereocenters. The molecular weight excluding hydrogens is 545 g/mol. The molecule has 1 saturated heterocycles. The summed E-state index contributed by atoms with van der Waals surface area (Å²) in [5.41, 5.74) is 11.5. The van der Waals surface area contributed by atoms with Gasteiger partial charge in [-0.3, -0.25) is 0 Å². The zero-order valence-corrected chi connectivity index (χ0v) is 20.3. The minimum absolute atomic E-state index is 0.0324. The number of benzene rings is 3. The van der Waals surface area contributed by atoms with Crippen LogP contribution in [-0.4, -0.2) is 24.8 Å². The SMILES string of the molecule is NC1C(=O)O/C(=C/I)CC1c1ccc(OC(=O)OCC2c3ccccc3-c3ccccc32)cc1. The fourth-order valence-corrected chi connectivity index (χ4v) is 5.02. The van der Waals surface area contributed by atoms with Crippen LogP contribution in [0.5, 0.6) is 5.75 Å². The average molecular weight is 567 g/mol. The van der Waals surface area contributed by atoms with Gasteiger partial charge in [-0.05, 0) is 62.5 Å². The Morgan fingerprint density at radius 1 is 1.00 bits per heavy atom. The van der Waals surface area contributed by atoms with Crippen molar-refractivity contribution in [2.24, 2.45) is 5.73 Å². The van der Waals surface area contributed by atoms with E-state index in [0.717, 1.165) is 16.7 Å². The molecule has 7 heteroatoms. The van der Waals surface area contributed by atoms with Gasteiger partial charge in [0.05, 0.1) is 0 Å². The maximum atomic E-state index is 12.4. The number of ether oxygens (including phenoxy) is 3. The molecule has 2 unspecified atom stereocenters. The number of halogens is 1. The minimum Gasteiger partial charge on any atom is -0.433 e. The van der Waals surface area contributed by atoms with Crippen molar-refractivity contribution in [3.63, 3.8) is 0 Å². The van der Waals surface area contributed by atoms with E-state index in [0.29, 0.717) is 17.9 Å². The first-order valence-electron chi connectivity index (χ1n) is 10.9. The Kier molecular flexibility index (Phi) is 6.38. The molecule has 5 rings (SSSR count). The van der Waals surface area contributed by atoms with E-state index in [9.17, 15) is 9.59 Å². The molecule has 0 amide bonds. The van der Waals surface area contributed by atoms with Crippen molar-refractivity contribution >= 4 is 34.7 Å². The van der Waals surface area contributed by atoms with Crippen LogP contribution in [0.25, 0.3) is 11.1 Å². The number of hydrogen-bond donors (Lipinski definition) is 1. The van der Waals surface area contributed by atoms with Crippen molar-refractivity contribution in [3.05, 3.63) is 99.3 Å². The number of hydrogen-bond acceptors (Lipinski definition) is 6. The maximum Gasteiger partial charge on any atom is 0.513 e. The lowest BCUT2D eigenvalue weighted by Gasteiger charge is -2.29. The van der Waals surface area contributed by atoms with Gasteiger partial charge in [0.25, 0.3) is 0 Å². The number of esters is 1. The number of carbonyl (C=O) groups excluding carboxylic acids is 2. The van der Waals surface area contributed by atoms with Crippen LogP contribution in [0.15, 0.2) is 82.6 Å². The standard InChI is InChI=1S/C27H22INO5/c28-14-18-13-23(25(29)26(30)33-18)16-9-11-17(12-10-16)34-27(31)32-15-24-21-7-3-1-5-19(21)20-6-2-4-8-22(20)24/h1-12,14,23-25H,13,15,29H2/b18-14+. The Morgan fingerprint density at radius 3 is 2.24 bits per heavy atom. The van der Waals surface area contributed by atoms with Gasteiger partial charge < -0.3 is 19.9 Å². The molecule has 0 saturated carbocycles. The van der Waals surface area contributed by atoms with E-state index < -0.39 is 18.2 Å². The fourth-order valence-electron chi connectivity index (χ4n) is 4.64. The Bertz CT molecular complexity index is 1220. The van der Waals surface area contributed by atoms with Crippen molar-refractivity contribution in [2.75, 3.05) is 6.61 Å². The quantitative estimate of drug-likeness (QED) is 0.249. The molecule has 0 radical (unpaired) electrons. The second kappa shape index (κ2) is 9.60. The molecule has 3 aromatic carbocycles. The van der Waals surface area contributed by atoms with E-state index >= 15 is 0 Å². The summed E-state index contributed by atoms with van der Waals surface area (Å²) >= 11 is 2.04. The molecule has 1 aliphatic carbocycles. The second-order valence-corrected chi connectivity index (χ2v) is 8.91. The molecular formula is C27H22INO5. The van der Waals surface area contributed by atoms with Crippen molar-refractivity contribution in [2.45, 2.75) is 24.3 Å². The van der Waals surface area contributed by atoms with E-state index in [2.05, 4.69) is 24.3 Å². The zero-order valence-electron chi connectivity index (χ0n) is 18.1. The monoisotopic (exact) mass is 567 g/mol. The van der Waals surface area contributed by atoms with Gasteiger partial charge in [-0.25, -0.2) is 9.59 Å². The Balaban J connectivity index is 1.23. The third-order valence-corrected chi connectivity index (χ3v) is 7.01. The van der Waals surface area contributed by atoms with Gasteiger partial charge in [0.15, 0.2) is 0 Å². The van der Waals surface area contributed by atoms with Crippen molar-refractivity contribution in [1.29, 1.82) is 0 Å². The number of fused-ring (bicyclic) bond motifs is 3. The highest BCUT2D eigenvalue weighted by Crippen LogP contribution is 2.44. The molecule has 172 valence electrons. The Hall–Kier alpha value is -3.17. The molecule has 1 aliphatic heterocycles. The van der Waals surface area contributed by atoms with Gasteiger partial charge in [0.2, 0.25) is 0 Å². The normalized spacial score (nSPS) is 20.4. The lowest BCUT2D eigenvalue weighted by molar-refractivity contribution is -0.144. The number of cyclic esters (lactones) is 1. The molecule has 34 heavy (non-hydrogen) atoms. The predicted octanol–water partition coefficient (Wildman–Crippen LogP) is 5.65. The first kappa shape index (κ1) is 22.6. The topological polar surface area (TPSA) is 87.9 Å². The minimum atomic E-state index is -0.761. The number of carbonyl (C=O) groups is 2. The van der Waals surface area contributed by atoms with Crippen LogP contribution >= 0.6 is 22.6 Å². The fraction of sp³-hybridized carbons (Fsp3) is 0.185. The summed E-state index contributed by atoms with van der Waals surface area (Å²) in [6.45, 7) is 0.190. The summed E-state index contributed by atoms with van der Waals surface area (Å²) in [6, 6.07) is 22.5. The van der Waals surface area contributed by atoms with Gasteiger partial charge in [-0.1, -0.05) is 60.7 Å². The highest BCUT2D eigenvalue weighted by molar-refractivity contribution is 14.1. The summed E-state index contributed by atoms with van der Waals surface area (Å²) in [6.07, 6.45) is -0.231. The molecule has 2 aliphatic rings. The van der Waals surface area contributed by atoms with Crippen molar-refractivity contribution in [1.82, 2.24) is 0 Å². The van der Waals surface area contributed by atoms with Crippen LogP contribution in [0.3, 0.4) is 0 Å². The highest BCUT2D eigenvalue weighted by atomic mass is 127. The van der Waals surface area contributed by atoms with Gasteiger partial charge in [0.1, 0.15) is 24.2 Å². The first-order chi connectivity index (χ1) is 16.5. The lowest BCUT2D eigenvalue weighted by atomic mass is 9.87. The molecule has 1 fully saturated rings. The van der Waals surface area contributed by atoms with Crippen LogP contribution in [0, 0.1) is 0 Å². The average Bonchev–Trinajstić information content (AvgIpc) is 3.18. The van der Waals surface area contributed by atoms with Crippen molar-refractivity contribution < 1.29 is 23.8 Å². The van der Waals surface area contributed by atoms with E-state index in [-0.39, 0.29) is 18.4 Å². The van der Waals surface area contributed by atoms with Crippen LogP contribution < -0.4 is 10.5 Å². The summed E-state index contributed by atoms with van der Waals surface area (Å²) in [5, 5.41) is 0. The van der Waals surface area contributed by atoms with Gasteiger partial charge in [-0.15, -0.1) is 0 Å². The second-order valence-electron chi connectivity index (χ2n) is 8.29. The smallest absolute Gasteiger partial charge is 0.433 e. The highest BCUT2D eigenvalue weighted by Gasteiger charge is 2.34. The Morgan fingerprint density at radius 2 is 1.62 bits per heavy atom. The van der Waals surface area contributed by atoms with E-state index in [1.165, 1.54) is 11.1 Å². The van der Waals surface area contributed by atoms with Crippen molar-refractivity contribution in [3.8, 4) is 16.9 Å². The third-order valence-electron chi connectivity index (χ3n) is 6.32. The molecule has 0 bridgehead atoms. The first-order valence-corrected chi connectivity index (χ1v) is 12.2. The van der Waals surface area contributed by atoms with Crippen LogP contribution in [0.2, 0.25) is 0 Å². The van der Waals surface area contributed by atoms with E-state index in [4.69, 9.17) is 19.9 Å². The molecule has 1 heterocycles. The van der Waals surface area contributed by atoms with Crippen LogP contribution in [0.4, 0.5) is 4.79 Å².